The van der Waals surface area contributed by atoms with Crippen molar-refractivity contribution in [3.8, 4) is 11.5 Å². The Kier molecular flexibility index (Phi) is 5.57. The lowest BCUT2D eigenvalue weighted by Crippen LogP contribution is -2.45. The van der Waals surface area contributed by atoms with Crippen molar-refractivity contribution in [2.24, 2.45) is 0 Å². The van der Waals surface area contributed by atoms with Crippen molar-refractivity contribution in [1.82, 2.24) is 14.7 Å². The fourth-order valence-corrected chi connectivity index (χ4v) is 4.93. The Bertz CT molecular complexity index is 649. The summed E-state index contributed by atoms with van der Waals surface area (Å²) in [5, 5.41) is 0.0887. The fourth-order valence-electron chi connectivity index (χ4n) is 3.72. The molecule has 3 heterocycles. The lowest BCUT2D eigenvalue weighted by Gasteiger charge is -2.33. The highest BCUT2D eigenvalue weighted by atomic mass is 32.2. The third-order valence-corrected chi connectivity index (χ3v) is 6.54. The quantitative estimate of drug-likeness (QED) is 0.778. The number of rotatable bonds is 5. The minimum atomic E-state index is 0.0887. The van der Waals surface area contributed by atoms with Crippen LogP contribution < -0.4 is 9.47 Å². The minimum Gasteiger partial charge on any atom is -0.486 e. The summed E-state index contributed by atoms with van der Waals surface area (Å²) in [7, 11) is 2.18. The van der Waals surface area contributed by atoms with Crippen LogP contribution in [0.2, 0.25) is 0 Å². The lowest BCUT2D eigenvalue weighted by molar-refractivity contribution is -0.128. The van der Waals surface area contributed by atoms with Gasteiger partial charge in [0.05, 0.1) is 5.75 Å². The zero-order chi connectivity index (χ0) is 17.9. The number of ether oxygens (including phenoxy) is 2. The molecule has 6 nitrogen and oxygen atoms in total. The molecule has 142 valence electrons. The number of carbonyl (C=O) groups is 1. The van der Waals surface area contributed by atoms with Crippen molar-refractivity contribution in [3.63, 3.8) is 0 Å². The number of thioether (sulfide) groups is 1. The Balaban J connectivity index is 1.36. The average molecular weight is 378 g/mol. The summed E-state index contributed by atoms with van der Waals surface area (Å²) in [6.45, 7) is 7.60. The Labute approximate surface area is 159 Å². The second-order valence-electron chi connectivity index (χ2n) is 7.15. The van der Waals surface area contributed by atoms with Crippen LogP contribution in [0.1, 0.15) is 17.4 Å². The molecule has 0 bridgehead atoms. The first-order valence-electron chi connectivity index (χ1n) is 9.42. The van der Waals surface area contributed by atoms with Crippen molar-refractivity contribution >= 4 is 17.7 Å². The second-order valence-corrected chi connectivity index (χ2v) is 8.22. The molecule has 0 N–H and O–H groups in total. The van der Waals surface area contributed by atoms with E-state index in [4.69, 9.17) is 9.47 Å². The number of piperazine rings is 1. The van der Waals surface area contributed by atoms with Gasteiger partial charge in [-0.2, -0.15) is 0 Å². The maximum Gasteiger partial charge on any atom is 0.233 e. The first kappa shape index (κ1) is 17.9. The Morgan fingerprint density at radius 2 is 1.85 bits per heavy atom. The summed E-state index contributed by atoms with van der Waals surface area (Å²) in [4.78, 5) is 19.3. The van der Waals surface area contributed by atoms with Gasteiger partial charge in [0.2, 0.25) is 5.91 Å². The molecule has 4 rings (SSSR count). The molecule has 26 heavy (non-hydrogen) atoms. The predicted molar refractivity (Wildman–Crippen MR) is 103 cm³/mol. The molecular weight excluding hydrogens is 350 g/mol. The first-order chi connectivity index (χ1) is 12.7. The summed E-state index contributed by atoms with van der Waals surface area (Å²) in [6.07, 6.45) is 1.02. The third kappa shape index (κ3) is 3.94. The standard InChI is InChI=1S/C19H27N3O3S/c1-20-7-9-21(10-8-20)5-2-6-22-18(23)14-26-19(22)15-3-4-16-17(13-15)25-12-11-24-16/h3-4,13,19H,2,5-12,14H2,1H3. The molecule has 0 saturated carbocycles. The second kappa shape index (κ2) is 8.06. The van der Waals surface area contributed by atoms with Gasteiger partial charge in [0.15, 0.2) is 11.5 Å². The van der Waals surface area contributed by atoms with E-state index in [2.05, 4.69) is 22.9 Å². The van der Waals surface area contributed by atoms with E-state index >= 15 is 0 Å². The van der Waals surface area contributed by atoms with Crippen molar-refractivity contribution in [3.05, 3.63) is 23.8 Å². The topological polar surface area (TPSA) is 45.2 Å². The number of likely N-dealkylation sites (N-methyl/N-ethyl adjacent to an activating group) is 1. The number of fused-ring (bicyclic) bond motifs is 1. The highest BCUT2D eigenvalue weighted by molar-refractivity contribution is 8.00. The van der Waals surface area contributed by atoms with Crippen molar-refractivity contribution in [2.75, 3.05) is 65.3 Å². The van der Waals surface area contributed by atoms with Gasteiger partial charge in [-0.05, 0) is 37.7 Å². The number of hydrogen-bond acceptors (Lipinski definition) is 6. The molecular formula is C19H27N3O3S. The molecule has 3 aliphatic heterocycles. The zero-order valence-electron chi connectivity index (χ0n) is 15.4. The van der Waals surface area contributed by atoms with E-state index in [1.165, 1.54) is 0 Å². The summed E-state index contributed by atoms with van der Waals surface area (Å²) in [5.74, 6) is 2.41. The molecule has 2 fully saturated rings. The summed E-state index contributed by atoms with van der Waals surface area (Å²) >= 11 is 1.71. The third-order valence-electron chi connectivity index (χ3n) is 5.29. The van der Waals surface area contributed by atoms with Gasteiger partial charge in [-0.15, -0.1) is 11.8 Å². The van der Waals surface area contributed by atoms with Crippen LogP contribution in [-0.4, -0.2) is 85.9 Å². The maximum absolute atomic E-state index is 12.4. The van der Waals surface area contributed by atoms with E-state index in [1.54, 1.807) is 11.8 Å². The van der Waals surface area contributed by atoms with Crippen molar-refractivity contribution < 1.29 is 14.3 Å². The molecule has 0 aliphatic carbocycles. The lowest BCUT2D eigenvalue weighted by atomic mass is 10.1. The van der Waals surface area contributed by atoms with Crippen LogP contribution in [0.4, 0.5) is 0 Å². The van der Waals surface area contributed by atoms with Crippen LogP contribution in [-0.2, 0) is 4.79 Å². The van der Waals surface area contributed by atoms with Gasteiger partial charge in [0.25, 0.3) is 0 Å². The van der Waals surface area contributed by atoms with Crippen LogP contribution in [0.3, 0.4) is 0 Å². The zero-order valence-corrected chi connectivity index (χ0v) is 16.2. The molecule has 0 radical (unpaired) electrons. The largest absolute Gasteiger partial charge is 0.486 e. The van der Waals surface area contributed by atoms with Crippen LogP contribution in [0.25, 0.3) is 0 Å². The van der Waals surface area contributed by atoms with E-state index < -0.39 is 0 Å². The molecule has 0 spiro atoms. The van der Waals surface area contributed by atoms with Gasteiger partial charge in [-0.3, -0.25) is 4.79 Å². The monoisotopic (exact) mass is 377 g/mol. The van der Waals surface area contributed by atoms with Crippen LogP contribution in [0, 0.1) is 0 Å². The number of nitrogens with zero attached hydrogens (tertiary/aromatic N) is 3. The molecule has 1 aromatic carbocycles. The van der Waals surface area contributed by atoms with Gasteiger partial charge in [-0.25, -0.2) is 0 Å². The highest BCUT2D eigenvalue weighted by Gasteiger charge is 2.33. The Hall–Kier alpha value is -1.44. The van der Waals surface area contributed by atoms with Gasteiger partial charge >= 0.3 is 0 Å². The van der Waals surface area contributed by atoms with Gasteiger partial charge in [0, 0.05) is 32.7 Å². The van der Waals surface area contributed by atoms with E-state index in [9.17, 15) is 4.79 Å². The van der Waals surface area contributed by atoms with Crippen molar-refractivity contribution in [2.45, 2.75) is 11.8 Å². The van der Waals surface area contributed by atoms with E-state index in [1.807, 2.05) is 17.0 Å². The number of amides is 1. The molecule has 1 amide bonds. The average Bonchev–Trinajstić information content (AvgIpc) is 3.04. The molecule has 0 aromatic heterocycles. The molecule has 1 atom stereocenters. The first-order valence-corrected chi connectivity index (χ1v) is 10.5. The van der Waals surface area contributed by atoms with E-state index in [0.717, 1.165) is 62.8 Å². The van der Waals surface area contributed by atoms with E-state index in [-0.39, 0.29) is 11.3 Å². The highest BCUT2D eigenvalue weighted by Crippen LogP contribution is 2.42. The summed E-state index contributed by atoms with van der Waals surface area (Å²) in [5.41, 5.74) is 1.13. The Morgan fingerprint density at radius 3 is 2.65 bits per heavy atom. The summed E-state index contributed by atoms with van der Waals surface area (Å²) < 4.78 is 11.3. The number of benzene rings is 1. The fraction of sp³-hybridized carbons (Fsp3) is 0.632. The molecule has 1 unspecified atom stereocenters. The minimum absolute atomic E-state index is 0.0887. The van der Waals surface area contributed by atoms with Crippen LogP contribution in [0.15, 0.2) is 18.2 Å². The van der Waals surface area contributed by atoms with Crippen LogP contribution >= 0.6 is 11.8 Å². The molecule has 1 aromatic rings. The predicted octanol–water partition coefficient (Wildman–Crippen LogP) is 1.67. The number of carbonyl (C=O) groups excluding carboxylic acids is 1. The molecule has 7 heteroatoms. The van der Waals surface area contributed by atoms with E-state index in [0.29, 0.717) is 19.0 Å². The Morgan fingerprint density at radius 1 is 1.08 bits per heavy atom. The molecule has 2 saturated heterocycles. The van der Waals surface area contributed by atoms with Gasteiger partial charge < -0.3 is 24.2 Å². The normalized spacial score (nSPS) is 24.3. The van der Waals surface area contributed by atoms with Crippen LogP contribution in [0.5, 0.6) is 11.5 Å². The molecule has 3 aliphatic rings. The van der Waals surface area contributed by atoms with Crippen molar-refractivity contribution in [1.29, 1.82) is 0 Å². The SMILES string of the molecule is CN1CCN(CCCN2C(=O)CSC2c2ccc3c(c2)OCCO3)CC1. The van der Waals surface area contributed by atoms with Gasteiger partial charge in [-0.1, -0.05) is 6.07 Å². The maximum atomic E-state index is 12.4. The van der Waals surface area contributed by atoms with Gasteiger partial charge in [0.1, 0.15) is 18.6 Å². The number of hydrogen-bond donors (Lipinski definition) is 0. The smallest absolute Gasteiger partial charge is 0.233 e. The summed E-state index contributed by atoms with van der Waals surface area (Å²) in [6, 6.07) is 6.07.